The van der Waals surface area contributed by atoms with Crippen LogP contribution in [0, 0.1) is 0 Å². The molecule has 0 bridgehead atoms. The molecule has 0 saturated heterocycles. The van der Waals surface area contributed by atoms with Crippen molar-refractivity contribution >= 4 is 48.9 Å². The molecular formula is C9H13BrClNO2S2. The zero-order chi connectivity index (χ0) is 12.2. The van der Waals surface area contributed by atoms with E-state index in [4.69, 9.17) is 11.6 Å². The average Bonchev–Trinajstić information content (AvgIpc) is 2.65. The van der Waals surface area contributed by atoms with E-state index in [-0.39, 0.29) is 4.21 Å². The van der Waals surface area contributed by atoms with E-state index in [1.807, 2.05) is 6.92 Å². The van der Waals surface area contributed by atoms with Gasteiger partial charge in [-0.15, -0.1) is 11.3 Å². The highest BCUT2D eigenvalue weighted by Crippen LogP contribution is 2.25. The van der Waals surface area contributed by atoms with Gasteiger partial charge in [0.05, 0.1) is 4.34 Å². The molecular weight excluding hydrogens is 334 g/mol. The molecule has 1 rings (SSSR count). The summed E-state index contributed by atoms with van der Waals surface area (Å²) >= 11 is 10.2. The van der Waals surface area contributed by atoms with E-state index >= 15 is 0 Å². The van der Waals surface area contributed by atoms with Crippen LogP contribution in [0.1, 0.15) is 19.8 Å². The average molecular weight is 347 g/mol. The second-order valence-electron chi connectivity index (χ2n) is 3.25. The first-order valence-corrected chi connectivity index (χ1v) is 8.44. The van der Waals surface area contributed by atoms with Gasteiger partial charge in [-0.25, -0.2) is 13.1 Å². The fourth-order valence-electron chi connectivity index (χ4n) is 1.07. The summed E-state index contributed by atoms with van der Waals surface area (Å²) in [4.78, 5) is 0.349. The molecule has 0 radical (unpaired) electrons. The van der Waals surface area contributed by atoms with Gasteiger partial charge in [0.25, 0.3) is 0 Å². The molecule has 0 aliphatic rings. The number of sulfonamides is 1. The first-order chi connectivity index (χ1) is 7.45. The molecule has 0 aliphatic heterocycles. The second kappa shape index (κ2) is 6.35. The Hall–Kier alpha value is 0.380. The molecule has 1 atom stereocenters. The number of hydrogen-bond acceptors (Lipinski definition) is 3. The minimum atomic E-state index is -3.38. The van der Waals surface area contributed by atoms with E-state index in [1.165, 1.54) is 6.07 Å². The number of hydrogen-bond donors (Lipinski definition) is 1. The Labute approximate surface area is 113 Å². The van der Waals surface area contributed by atoms with Crippen LogP contribution in [0.25, 0.3) is 0 Å². The molecule has 92 valence electrons. The van der Waals surface area contributed by atoms with E-state index in [0.717, 1.165) is 24.2 Å². The first-order valence-electron chi connectivity index (χ1n) is 4.84. The maximum atomic E-state index is 11.7. The minimum absolute atomic E-state index is 0.264. The van der Waals surface area contributed by atoms with Gasteiger partial charge < -0.3 is 0 Å². The molecule has 3 nitrogen and oxygen atoms in total. The molecule has 1 aromatic heterocycles. The molecule has 1 N–H and O–H groups in total. The van der Waals surface area contributed by atoms with Gasteiger partial charge in [0.1, 0.15) is 4.21 Å². The van der Waals surface area contributed by atoms with Gasteiger partial charge in [-0.1, -0.05) is 34.5 Å². The van der Waals surface area contributed by atoms with Crippen molar-refractivity contribution in [1.82, 2.24) is 4.72 Å². The molecule has 0 spiro atoms. The third kappa shape index (κ3) is 4.33. The lowest BCUT2D eigenvalue weighted by Gasteiger charge is -2.07. The van der Waals surface area contributed by atoms with Crippen molar-refractivity contribution in [3.63, 3.8) is 0 Å². The predicted molar refractivity (Wildman–Crippen MR) is 72.1 cm³/mol. The van der Waals surface area contributed by atoms with E-state index in [0.29, 0.717) is 15.7 Å². The molecule has 7 heteroatoms. The topological polar surface area (TPSA) is 46.2 Å². The SMILES string of the molecule is CCC(Br)CCNS(=O)(=O)c1ccc(Cl)s1. The summed E-state index contributed by atoms with van der Waals surface area (Å²) in [5.74, 6) is 0. The van der Waals surface area contributed by atoms with Gasteiger partial charge in [-0.05, 0) is 25.0 Å². The Morgan fingerprint density at radius 1 is 1.56 bits per heavy atom. The monoisotopic (exact) mass is 345 g/mol. The van der Waals surface area contributed by atoms with Crippen molar-refractivity contribution in [3.05, 3.63) is 16.5 Å². The normalized spacial score (nSPS) is 13.9. The van der Waals surface area contributed by atoms with Gasteiger partial charge in [0, 0.05) is 11.4 Å². The van der Waals surface area contributed by atoms with Crippen LogP contribution < -0.4 is 4.72 Å². The molecule has 16 heavy (non-hydrogen) atoms. The number of nitrogens with one attached hydrogen (secondary N) is 1. The van der Waals surface area contributed by atoms with E-state index < -0.39 is 10.0 Å². The number of alkyl halides is 1. The predicted octanol–water partition coefficient (Wildman–Crippen LogP) is 3.24. The first kappa shape index (κ1) is 14.4. The van der Waals surface area contributed by atoms with Crippen LogP contribution in [0.15, 0.2) is 16.3 Å². The quantitative estimate of drug-likeness (QED) is 0.804. The van der Waals surface area contributed by atoms with Crippen molar-refractivity contribution in [2.75, 3.05) is 6.54 Å². The summed E-state index contributed by atoms with van der Waals surface area (Å²) in [7, 11) is -3.38. The standard InChI is InChI=1S/C9H13BrClNO2S2/c1-2-7(10)5-6-12-16(13,14)9-4-3-8(11)15-9/h3-4,7,12H,2,5-6H2,1H3. The zero-order valence-electron chi connectivity index (χ0n) is 8.74. The van der Waals surface area contributed by atoms with Gasteiger partial charge in [-0.2, -0.15) is 0 Å². The van der Waals surface area contributed by atoms with Crippen molar-refractivity contribution < 1.29 is 8.42 Å². The summed E-state index contributed by atoms with van der Waals surface area (Å²) in [6.07, 6.45) is 1.75. The van der Waals surface area contributed by atoms with Crippen molar-refractivity contribution in [2.24, 2.45) is 0 Å². The van der Waals surface area contributed by atoms with Gasteiger partial charge >= 0.3 is 0 Å². The summed E-state index contributed by atoms with van der Waals surface area (Å²) in [5.41, 5.74) is 0. The number of rotatable bonds is 6. The van der Waals surface area contributed by atoms with Crippen LogP contribution in [0.3, 0.4) is 0 Å². The Balaban J connectivity index is 2.53. The highest BCUT2D eigenvalue weighted by atomic mass is 79.9. The third-order valence-electron chi connectivity index (χ3n) is 2.01. The van der Waals surface area contributed by atoms with Gasteiger partial charge in [0.2, 0.25) is 10.0 Å². The van der Waals surface area contributed by atoms with Crippen LogP contribution in [-0.2, 0) is 10.0 Å². The lowest BCUT2D eigenvalue weighted by atomic mass is 10.2. The Bertz CT molecular complexity index is 432. The minimum Gasteiger partial charge on any atom is -0.210 e. The molecule has 0 fully saturated rings. The van der Waals surface area contributed by atoms with Crippen LogP contribution >= 0.6 is 38.9 Å². The van der Waals surface area contributed by atoms with Gasteiger partial charge in [0.15, 0.2) is 0 Å². The molecule has 1 aromatic rings. The third-order valence-corrected chi connectivity index (χ3v) is 6.30. The lowest BCUT2D eigenvalue weighted by molar-refractivity contribution is 0.579. The second-order valence-corrected chi connectivity index (χ2v) is 8.25. The fraction of sp³-hybridized carbons (Fsp3) is 0.556. The highest BCUT2D eigenvalue weighted by Gasteiger charge is 2.16. The van der Waals surface area contributed by atoms with Crippen LogP contribution in [0.5, 0.6) is 0 Å². The Kier molecular flexibility index (Phi) is 5.73. The van der Waals surface area contributed by atoms with Crippen molar-refractivity contribution in [1.29, 1.82) is 0 Å². The summed E-state index contributed by atoms with van der Waals surface area (Å²) in [6, 6.07) is 3.10. The van der Waals surface area contributed by atoms with E-state index in [9.17, 15) is 8.42 Å². The molecule has 0 amide bonds. The maximum Gasteiger partial charge on any atom is 0.250 e. The van der Waals surface area contributed by atoms with Crippen LogP contribution in [0.2, 0.25) is 4.34 Å². The van der Waals surface area contributed by atoms with Crippen LogP contribution in [0.4, 0.5) is 0 Å². The van der Waals surface area contributed by atoms with Crippen molar-refractivity contribution in [3.8, 4) is 0 Å². The Morgan fingerprint density at radius 2 is 2.25 bits per heavy atom. The zero-order valence-corrected chi connectivity index (χ0v) is 12.7. The fourth-order valence-corrected chi connectivity index (χ4v) is 3.87. The largest absolute Gasteiger partial charge is 0.250 e. The number of halogens is 2. The molecule has 0 aromatic carbocycles. The summed E-state index contributed by atoms with van der Waals surface area (Å²) < 4.78 is 26.8. The summed E-state index contributed by atoms with van der Waals surface area (Å²) in [6.45, 7) is 2.48. The molecule has 1 unspecified atom stereocenters. The van der Waals surface area contributed by atoms with E-state index in [1.54, 1.807) is 6.07 Å². The lowest BCUT2D eigenvalue weighted by Crippen LogP contribution is -2.25. The smallest absolute Gasteiger partial charge is 0.210 e. The Morgan fingerprint density at radius 3 is 2.75 bits per heavy atom. The highest BCUT2D eigenvalue weighted by molar-refractivity contribution is 9.09. The molecule has 1 heterocycles. The maximum absolute atomic E-state index is 11.7. The molecule has 0 saturated carbocycles. The number of thiophene rings is 1. The van der Waals surface area contributed by atoms with Crippen LogP contribution in [-0.4, -0.2) is 19.8 Å². The van der Waals surface area contributed by atoms with E-state index in [2.05, 4.69) is 20.7 Å². The van der Waals surface area contributed by atoms with Crippen molar-refractivity contribution in [2.45, 2.75) is 28.8 Å². The molecule has 0 aliphatic carbocycles. The van der Waals surface area contributed by atoms with Gasteiger partial charge in [-0.3, -0.25) is 0 Å². The summed E-state index contributed by atoms with van der Waals surface area (Å²) in [5, 5.41) is 0.